The van der Waals surface area contributed by atoms with Crippen LogP contribution >= 0.6 is 0 Å². The van der Waals surface area contributed by atoms with Gasteiger partial charge in [0, 0.05) is 18.2 Å². The van der Waals surface area contributed by atoms with Crippen molar-refractivity contribution in [2.24, 2.45) is 0 Å². The predicted molar refractivity (Wildman–Crippen MR) is 106 cm³/mol. The summed E-state index contributed by atoms with van der Waals surface area (Å²) in [6, 6.07) is 8.85. The van der Waals surface area contributed by atoms with E-state index in [0.717, 1.165) is 5.56 Å². The third kappa shape index (κ3) is 6.55. The molecule has 1 aliphatic rings. The van der Waals surface area contributed by atoms with Crippen LogP contribution in [-0.4, -0.2) is 38.3 Å². The van der Waals surface area contributed by atoms with Crippen LogP contribution in [0.15, 0.2) is 48.5 Å². The molecule has 1 saturated heterocycles. The number of likely N-dealkylation sites (tertiary alicyclic amines) is 1. The predicted octanol–water partition coefficient (Wildman–Crippen LogP) is 5.09. The Hall–Kier alpha value is -2.44. The molecule has 1 fully saturated rings. The molecule has 0 spiro atoms. The number of carbonyl (C=O) groups excluding carboxylic acids is 1. The van der Waals surface area contributed by atoms with Gasteiger partial charge in [-0.15, -0.1) is 0 Å². The molecular formula is C21H19F6NO4S. The standard InChI is InChI=1S/C21H19F6NO4S/c22-20(23,24)15-9-14(10-16(11-15)21(25,26)27)19(29)28-7-6-18(32-33(30)31)12-17(28)8-13-4-2-1-3-5-13/h1-5,9-11,17-18H,6-8,12H2,(H,30,31). The van der Waals surface area contributed by atoms with Crippen LogP contribution in [-0.2, 0) is 34.3 Å². The van der Waals surface area contributed by atoms with Crippen molar-refractivity contribution in [1.82, 2.24) is 4.90 Å². The van der Waals surface area contributed by atoms with Crippen molar-refractivity contribution in [3.8, 4) is 0 Å². The van der Waals surface area contributed by atoms with Crippen LogP contribution in [0.5, 0.6) is 0 Å². The Morgan fingerprint density at radius 1 is 1.03 bits per heavy atom. The van der Waals surface area contributed by atoms with Crippen LogP contribution in [0, 0.1) is 0 Å². The van der Waals surface area contributed by atoms with Crippen molar-refractivity contribution in [2.45, 2.75) is 43.8 Å². The SMILES string of the molecule is O=C(c1cc(C(F)(F)F)cc(C(F)(F)F)c1)N1CCC(OS(=O)O)CC1Cc1ccccc1. The van der Waals surface area contributed by atoms with Crippen LogP contribution in [0.4, 0.5) is 26.3 Å². The van der Waals surface area contributed by atoms with E-state index in [1.54, 1.807) is 30.3 Å². The van der Waals surface area contributed by atoms with E-state index in [0.29, 0.717) is 12.1 Å². The first-order valence-corrected chi connectivity index (χ1v) is 10.8. The van der Waals surface area contributed by atoms with Gasteiger partial charge in [0.1, 0.15) is 0 Å². The Labute approximate surface area is 187 Å². The number of halogens is 6. The fourth-order valence-electron chi connectivity index (χ4n) is 3.81. The van der Waals surface area contributed by atoms with Crippen LogP contribution in [0.2, 0.25) is 0 Å². The zero-order valence-corrected chi connectivity index (χ0v) is 17.7. The minimum absolute atomic E-state index is 0.0329. The van der Waals surface area contributed by atoms with E-state index in [2.05, 4.69) is 0 Å². The summed E-state index contributed by atoms with van der Waals surface area (Å²) >= 11 is -2.56. The maximum absolute atomic E-state index is 13.2. The van der Waals surface area contributed by atoms with Crippen LogP contribution in [0.1, 0.15) is 39.9 Å². The number of piperidine rings is 1. The Bertz CT molecular complexity index is 980. The van der Waals surface area contributed by atoms with Gasteiger partial charge in [0.15, 0.2) is 0 Å². The molecule has 1 heterocycles. The molecule has 2 aromatic carbocycles. The number of hydrogen-bond acceptors (Lipinski definition) is 3. The lowest BCUT2D eigenvalue weighted by Crippen LogP contribution is -2.49. The largest absolute Gasteiger partial charge is 0.416 e. The average Bonchev–Trinajstić information content (AvgIpc) is 2.72. The average molecular weight is 495 g/mol. The number of hydrogen-bond donors (Lipinski definition) is 1. The van der Waals surface area contributed by atoms with E-state index in [1.807, 2.05) is 0 Å². The number of benzene rings is 2. The van der Waals surface area contributed by atoms with E-state index in [4.69, 9.17) is 8.74 Å². The van der Waals surface area contributed by atoms with Gasteiger partial charge in [-0.05, 0) is 43.0 Å². The summed E-state index contributed by atoms with van der Waals surface area (Å²) < 4.78 is 104. The molecule has 1 aliphatic heterocycles. The highest BCUT2D eigenvalue weighted by Gasteiger charge is 2.39. The van der Waals surface area contributed by atoms with E-state index < -0.39 is 58.5 Å². The van der Waals surface area contributed by atoms with E-state index in [-0.39, 0.29) is 31.9 Å². The molecule has 3 rings (SSSR count). The highest BCUT2D eigenvalue weighted by molar-refractivity contribution is 7.74. The number of rotatable bonds is 5. The van der Waals surface area contributed by atoms with Gasteiger partial charge in [-0.25, -0.2) is 0 Å². The fourth-order valence-corrected chi connectivity index (χ4v) is 4.22. The second kappa shape index (κ2) is 9.82. The lowest BCUT2D eigenvalue weighted by molar-refractivity contribution is -0.143. The molecule has 1 N–H and O–H groups in total. The molecule has 0 aromatic heterocycles. The first-order chi connectivity index (χ1) is 15.3. The minimum Gasteiger partial charge on any atom is -0.335 e. The molecule has 3 atom stereocenters. The zero-order chi connectivity index (χ0) is 24.4. The van der Waals surface area contributed by atoms with Gasteiger partial charge >= 0.3 is 23.7 Å². The highest BCUT2D eigenvalue weighted by Crippen LogP contribution is 2.37. The maximum Gasteiger partial charge on any atom is 0.416 e. The second-order valence-corrected chi connectivity index (χ2v) is 8.22. The fraction of sp³-hybridized carbons (Fsp3) is 0.381. The summed E-state index contributed by atoms with van der Waals surface area (Å²) in [5.74, 6) is -0.990. The van der Waals surface area contributed by atoms with Gasteiger partial charge in [0.25, 0.3) is 5.91 Å². The topological polar surface area (TPSA) is 66.8 Å². The maximum atomic E-state index is 13.2. The Kier molecular flexibility index (Phi) is 7.49. The van der Waals surface area contributed by atoms with Gasteiger partial charge in [0.2, 0.25) is 0 Å². The van der Waals surface area contributed by atoms with Gasteiger partial charge in [-0.3, -0.25) is 13.5 Å². The quantitative estimate of drug-likeness (QED) is 0.464. The first kappa shape index (κ1) is 25.2. The molecule has 0 aliphatic carbocycles. The normalized spacial score (nSPS) is 20.5. The van der Waals surface area contributed by atoms with Crippen molar-refractivity contribution in [3.05, 3.63) is 70.8 Å². The van der Waals surface area contributed by atoms with E-state index >= 15 is 0 Å². The molecule has 33 heavy (non-hydrogen) atoms. The molecule has 0 radical (unpaired) electrons. The van der Waals surface area contributed by atoms with Crippen molar-refractivity contribution < 1.29 is 44.1 Å². The van der Waals surface area contributed by atoms with Crippen LogP contribution in [0.3, 0.4) is 0 Å². The lowest BCUT2D eigenvalue weighted by atomic mass is 9.92. The summed E-state index contributed by atoms with van der Waals surface area (Å²) in [6.45, 7) is -0.0736. The third-order valence-electron chi connectivity index (χ3n) is 5.30. The van der Waals surface area contributed by atoms with Gasteiger partial charge in [0.05, 0.1) is 17.2 Å². The Balaban J connectivity index is 1.96. The van der Waals surface area contributed by atoms with Crippen molar-refractivity contribution >= 4 is 17.3 Å². The van der Waals surface area contributed by atoms with Gasteiger partial charge in [-0.2, -0.15) is 30.6 Å². The Morgan fingerprint density at radius 2 is 1.61 bits per heavy atom. The lowest BCUT2D eigenvalue weighted by Gasteiger charge is -2.39. The number of amides is 1. The smallest absolute Gasteiger partial charge is 0.335 e. The van der Waals surface area contributed by atoms with Crippen LogP contribution in [0.25, 0.3) is 0 Å². The minimum atomic E-state index is -5.08. The molecule has 0 bridgehead atoms. The second-order valence-electron chi connectivity index (χ2n) is 7.60. The zero-order valence-electron chi connectivity index (χ0n) is 16.9. The molecule has 1 amide bonds. The summed E-state index contributed by atoms with van der Waals surface area (Å²) in [5.41, 5.74) is -3.12. The molecule has 2 aromatic rings. The summed E-state index contributed by atoms with van der Waals surface area (Å²) in [4.78, 5) is 14.3. The summed E-state index contributed by atoms with van der Waals surface area (Å²) in [5, 5.41) is 0. The third-order valence-corrected chi connectivity index (χ3v) is 5.73. The van der Waals surface area contributed by atoms with Crippen molar-refractivity contribution in [3.63, 3.8) is 0 Å². The monoisotopic (exact) mass is 495 g/mol. The molecular weight excluding hydrogens is 476 g/mol. The molecule has 180 valence electrons. The number of carbonyl (C=O) groups is 1. The number of nitrogens with zero attached hydrogens (tertiary/aromatic N) is 1. The van der Waals surface area contributed by atoms with Gasteiger partial charge in [-0.1, -0.05) is 30.3 Å². The highest BCUT2D eigenvalue weighted by atomic mass is 32.2. The van der Waals surface area contributed by atoms with Crippen molar-refractivity contribution in [2.75, 3.05) is 6.54 Å². The first-order valence-electron chi connectivity index (χ1n) is 9.77. The van der Waals surface area contributed by atoms with Gasteiger partial charge < -0.3 is 4.90 Å². The summed E-state index contributed by atoms with van der Waals surface area (Å²) in [7, 11) is 0. The van der Waals surface area contributed by atoms with E-state index in [1.165, 1.54) is 4.90 Å². The summed E-state index contributed by atoms with van der Waals surface area (Å²) in [6.07, 6.45) is -10.5. The van der Waals surface area contributed by atoms with E-state index in [9.17, 15) is 35.3 Å². The molecule has 5 nitrogen and oxygen atoms in total. The van der Waals surface area contributed by atoms with Crippen LogP contribution < -0.4 is 0 Å². The van der Waals surface area contributed by atoms with Crippen molar-refractivity contribution in [1.29, 1.82) is 0 Å². The number of alkyl halides is 6. The Morgan fingerprint density at radius 3 is 2.12 bits per heavy atom. The molecule has 12 heteroatoms. The molecule has 0 saturated carbocycles. The molecule has 3 unspecified atom stereocenters.